The van der Waals surface area contributed by atoms with Gasteiger partial charge >= 0.3 is 0 Å². The number of anilines is 1. The zero-order valence-electron chi connectivity index (χ0n) is 12.8. The molecule has 1 unspecified atom stereocenters. The van der Waals surface area contributed by atoms with E-state index in [2.05, 4.69) is 4.98 Å². The van der Waals surface area contributed by atoms with Crippen LogP contribution in [0.2, 0.25) is 5.02 Å². The highest BCUT2D eigenvalue weighted by atomic mass is 35.5. The molecule has 0 aliphatic rings. The Balaban J connectivity index is 2.03. The molecule has 3 N–H and O–H groups in total. The molecule has 0 bridgehead atoms. The second-order valence-corrected chi connectivity index (χ2v) is 5.78. The Labute approximate surface area is 144 Å². The Morgan fingerprint density at radius 1 is 1.21 bits per heavy atom. The summed E-state index contributed by atoms with van der Waals surface area (Å²) in [6.07, 6.45) is 0.220. The van der Waals surface area contributed by atoms with Crippen LogP contribution in [0.1, 0.15) is 5.56 Å². The molecule has 0 fully saturated rings. The van der Waals surface area contributed by atoms with Crippen molar-refractivity contribution in [3.8, 4) is 0 Å². The SMILES string of the molecule is NC(=O)C(O)N(Cc1ccccc1Cl)c1ccc2cccnc2c1. The maximum absolute atomic E-state index is 11.5. The van der Waals surface area contributed by atoms with Crippen LogP contribution in [-0.2, 0) is 11.3 Å². The average molecular weight is 342 g/mol. The van der Waals surface area contributed by atoms with Gasteiger partial charge in [0, 0.05) is 28.8 Å². The lowest BCUT2D eigenvalue weighted by Crippen LogP contribution is -2.44. The van der Waals surface area contributed by atoms with Gasteiger partial charge in [0.1, 0.15) is 0 Å². The van der Waals surface area contributed by atoms with Crippen LogP contribution >= 0.6 is 11.6 Å². The number of aliphatic hydroxyl groups excluding tert-OH is 1. The number of benzene rings is 2. The van der Waals surface area contributed by atoms with Crippen molar-refractivity contribution in [3.05, 3.63) is 71.4 Å². The number of carbonyl (C=O) groups excluding carboxylic acids is 1. The van der Waals surface area contributed by atoms with Crippen molar-refractivity contribution >= 4 is 34.1 Å². The highest BCUT2D eigenvalue weighted by Gasteiger charge is 2.22. The minimum absolute atomic E-state index is 0.238. The van der Waals surface area contributed by atoms with Crippen molar-refractivity contribution in [1.82, 2.24) is 4.98 Å². The van der Waals surface area contributed by atoms with Gasteiger partial charge in [0.15, 0.2) is 0 Å². The molecule has 1 aromatic heterocycles. The fourth-order valence-corrected chi connectivity index (χ4v) is 2.71. The van der Waals surface area contributed by atoms with E-state index in [0.717, 1.165) is 16.5 Å². The molecule has 0 radical (unpaired) electrons. The number of amides is 1. The molecule has 2 aromatic carbocycles. The molecule has 3 rings (SSSR count). The maximum atomic E-state index is 11.5. The Bertz CT molecular complexity index is 885. The normalized spacial score (nSPS) is 12.1. The van der Waals surface area contributed by atoms with Crippen molar-refractivity contribution in [2.75, 3.05) is 4.90 Å². The molecule has 0 saturated carbocycles. The number of pyridine rings is 1. The van der Waals surface area contributed by atoms with Crippen LogP contribution in [-0.4, -0.2) is 22.2 Å². The van der Waals surface area contributed by atoms with Gasteiger partial charge in [-0.05, 0) is 29.8 Å². The Kier molecular flexibility index (Phi) is 4.64. The number of hydrogen-bond donors (Lipinski definition) is 2. The third kappa shape index (κ3) is 3.32. The van der Waals surface area contributed by atoms with Gasteiger partial charge < -0.3 is 15.7 Å². The molecule has 1 heterocycles. The number of rotatable bonds is 5. The average Bonchev–Trinajstić information content (AvgIpc) is 2.60. The summed E-state index contributed by atoms with van der Waals surface area (Å²) in [5.41, 5.74) is 7.47. The van der Waals surface area contributed by atoms with Crippen LogP contribution in [0.25, 0.3) is 10.9 Å². The second kappa shape index (κ2) is 6.86. The zero-order valence-corrected chi connectivity index (χ0v) is 13.5. The lowest BCUT2D eigenvalue weighted by Gasteiger charge is -2.28. The van der Waals surface area contributed by atoms with E-state index in [4.69, 9.17) is 17.3 Å². The van der Waals surface area contributed by atoms with Crippen LogP contribution in [0.3, 0.4) is 0 Å². The number of carbonyl (C=O) groups is 1. The summed E-state index contributed by atoms with van der Waals surface area (Å²) in [6.45, 7) is 0.238. The molecule has 5 nitrogen and oxygen atoms in total. The summed E-state index contributed by atoms with van der Waals surface area (Å²) >= 11 is 6.20. The minimum atomic E-state index is -1.47. The highest BCUT2D eigenvalue weighted by molar-refractivity contribution is 6.31. The summed E-state index contributed by atoms with van der Waals surface area (Å²) in [7, 11) is 0. The molecular weight excluding hydrogens is 326 g/mol. The van der Waals surface area contributed by atoms with E-state index in [-0.39, 0.29) is 6.54 Å². The van der Waals surface area contributed by atoms with E-state index in [1.807, 2.05) is 42.5 Å². The molecule has 3 aromatic rings. The minimum Gasteiger partial charge on any atom is -0.366 e. The summed E-state index contributed by atoms with van der Waals surface area (Å²) in [5, 5.41) is 11.8. The highest BCUT2D eigenvalue weighted by Crippen LogP contribution is 2.26. The van der Waals surface area contributed by atoms with E-state index in [0.29, 0.717) is 10.7 Å². The standard InChI is InChI=1S/C18H16ClN3O2/c19-15-6-2-1-4-13(15)11-22(18(24)17(20)23)14-8-7-12-5-3-9-21-16(12)10-14/h1-10,18,24H,11H2,(H2,20,23). The lowest BCUT2D eigenvalue weighted by atomic mass is 10.1. The summed E-state index contributed by atoms with van der Waals surface area (Å²) < 4.78 is 0. The van der Waals surface area contributed by atoms with Crippen molar-refractivity contribution in [3.63, 3.8) is 0 Å². The van der Waals surface area contributed by atoms with Gasteiger partial charge in [0.05, 0.1) is 5.52 Å². The van der Waals surface area contributed by atoms with Crippen molar-refractivity contribution in [1.29, 1.82) is 0 Å². The smallest absolute Gasteiger partial charge is 0.267 e. The fraction of sp³-hybridized carbons (Fsp3) is 0.111. The maximum Gasteiger partial charge on any atom is 0.267 e. The molecule has 1 amide bonds. The third-order valence-corrected chi connectivity index (χ3v) is 4.14. The van der Waals surface area contributed by atoms with Crippen LogP contribution in [0.4, 0.5) is 5.69 Å². The Hall–Kier alpha value is -2.63. The zero-order chi connectivity index (χ0) is 17.1. The van der Waals surface area contributed by atoms with E-state index < -0.39 is 12.1 Å². The van der Waals surface area contributed by atoms with Crippen LogP contribution in [0, 0.1) is 0 Å². The second-order valence-electron chi connectivity index (χ2n) is 5.38. The molecule has 24 heavy (non-hydrogen) atoms. The molecule has 122 valence electrons. The summed E-state index contributed by atoms with van der Waals surface area (Å²) in [5.74, 6) is -0.830. The van der Waals surface area contributed by atoms with Crippen molar-refractivity contribution in [2.24, 2.45) is 5.73 Å². The van der Waals surface area contributed by atoms with Crippen LogP contribution in [0.15, 0.2) is 60.8 Å². The first kappa shape index (κ1) is 16.2. The number of fused-ring (bicyclic) bond motifs is 1. The molecule has 0 aliphatic heterocycles. The number of aliphatic hydroxyl groups is 1. The lowest BCUT2D eigenvalue weighted by molar-refractivity contribution is -0.126. The molecule has 0 spiro atoms. The van der Waals surface area contributed by atoms with E-state index >= 15 is 0 Å². The Morgan fingerprint density at radius 3 is 2.75 bits per heavy atom. The molecular formula is C18H16ClN3O2. The molecule has 1 atom stereocenters. The number of hydrogen-bond acceptors (Lipinski definition) is 4. The fourth-order valence-electron chi connectivity index (χ4n) is 2.52. The van der Waals surface area contributed by atoms with Gasteiger partial charge in [-0.3, -0.25) is 9.78 Å². The van der Waals surface area contributed by atoms with Crippen LogP contribution < -0.4 is 10.6 Å². The first-order chi connectivity index (χ1) is 11.6. The molecule has 0 saturated heterocycles. The summed E-state index contributed by atoms with van der Waals surface area (Å²) in [4.78, 5) is 17.3. The quantitative estimate of drug-likeness (QED) is 0.699. The van der Waals surface area contributed by atoms with Crippen molar-refractivity contribution < 1.29 is 9.90 Å². The van der Waals surface area contributed by atoms with Gasteiger partial charge in [0.2, 0.25) is 6.23 Å². The van der Waals surface area contributed by atoms with Crippen LogP contribution in [0.5, 0.6) is 0 Å². The topological polar surface area (TPSA) is 79.5 Å². The van der Waals surface area contributed by atoms with E-state index in [1.54, 1.807) is 18.3 Å². The molecule has 6 heteroatoms. The Morgan fingerprint density at radius 2 is 2.00 bits per heavy atom. The number of primary amides is 1. The first-order valence-electron chi connectivity index (χ1n) is 7.38. The molecule has 0 aliphatic carbocycles. The van der Waals surface area contributed by atoms with Gasteiger partial charge in [-0.1, -0.05) is 41.9 Å². The predicted molar refractivity (Wildman–Crippen MR) is 94.6 cm³/mol. The number of halogens is 1. The number of aromatic nitrogens is 1. The third-order valence-electron chi connectivity index (χ3n) is 3.77. The first-order valence-corrected chi connectivity index (χ1v) is 7.76. The van der Waals surface area contributed by atoms with Gasteiger partial charge in [0.25, 0.3) is 5.91 Å². The van der Waals surface area contributed by atoms with E-state index in [1.165, 1.54) is 4.90 Å². The number of nitrogens with two attached hydrogens (primary N) is 1. The van der Waals surface area contributed by atoms with Gasteiger partial charge in [-0.15, -0.1) is 0 Å². The number of nitrogens with zero attached hydrogens (tertiary/aromatic N) is 2. The van der Waals surface area contributed by atoms with Gasteiger partial charge in [-0.2, -0.15) is 0 Å². The predicted octanol–water partition coefficient (Wildman–Crippen LogP) is 2.70. The summed E-state index contributed by atoms with van der Waals surface area (Å²) in [6, 6.07) is 16.5. The van der Waals surface area contributed by atoms with E-state index in [9.17, 15) is 9.90 Å². The van der Waals surface area contributed by atoms with Gasteiger partial charge in [-0.25, -0.2) is 0 Å². The monoisotopic (exact) mass is 341 g/mol. The van der Waals surface area contributed by atoms with Crippen molar-refractivity contribution in [2.45, 2.75) is 12.8 Å². The largest absolute Gasteiger partial charge is 0.366 e.